The summed E-state index contributed by atoms with van der Waals surface area (Å²) in [6.07, 6.45) is 11.8. The number of Topliss-reactive ketones (excluding diaryl/α,β-unsaturated/α-hetero) is 4. The Morgan fingerprint density at radius 2 is 0.508 bits per heavy atom. The van der Waals surface area contributed by atoms with Crippen LogP contribution in [0.25, 0.3) is 0 Å². The molecule has 4 amide bonds. The van der Waals surface area contributed by atoms with Crippen molar-refractivity contribution in [1.29, 1.82) is 0 Å². The Labute approximate surface area is 770 Å². The lowest BCUT2D eigenvalue weighted by molar-refractivity contribution is -0.149. The van der Waals surface area contributed by atoms with E-state index in [2.05, 4.69) is 58.3 Å². The first kappa shape index (κ1) is 95.7. The molecular weight excluding hydrogens is 1690 g/mol. The summed E-state index contributed by atoms with van der Waals surface area (Å²) < 4.78 is 70.4. The van der Waals surface area contributed by atoms with Gasteiger partial charge in [-0.2, -0.15) is 0 Å². The van der Waals surface area contributed by atoms with Gasteiger partial charge in [-0.1, -0.05) is 97.1 Å². The van der Waals surface area contributed by atoms with Gasteiger partial charge in [0, 0.05) is 89.7 Å². The summed E-state index contributed by atoms with van der Waals surface area (Å²) in [4.78, 5) is 172. The number of hydrogen-bond donors (Lipinski definition) is 0. The number of methoxy groups -OCH3 is 4. The fraction of sp³-hybridized carbons (Fsp3) is 0.538. The molecule has 0 aliphatic carbocycles. The lowest BCUT2D eigenvalue weighted by Gasteiger charge is -2.33. The van der Waals surface area contributed by atoms with E-state index in [0.717, 1.165) is 107 Å². The summed E-state index contributed by atoms with van der Waals surface area (Å²) in [6.45, 7) is 5.70. The maximum Gasteiger partial charge on any atom is 0.306 e. The van der Waals surface area contributed by atoms with Gasteiger partial charge in [0.05, 0.1) is 153 Å². The van der Waals surface area contributed by atoms with Gasteiger partial charge >= 0.3 is 23.9 Å². The summed E-state index contributed by atoms with van der Waals surface area (Å²) >= 11 is 0. The number of amides is 4. The van der Waals surface area contributed by atoms with E-state index in [9.17, 15) is 66.3 Å². The number of ketones is 4. The van der Waals surface area contributed by atoms with Crippen LogP contribution in [0, 0.1) is 59.0 Å². The zero-order valence-corrected chi connectivity index (χ0v) is 76.2. The smallest absolute Gasteiger partial charge is 0.306 e. The first-order valence-corrected chi connectivity index (χ1v) is 47.4. The van der Waals surface area contributed by atoms with Crippen molar-refractivity contribution in [3.8, 4) is 0 Å². The van der Waals surface area contributed by atoms with Gasteiger partial charge in [0.25, 0.3) is 0 Å². The molecule has 6 aromatic rings. The van der Waals surface area contributed by atoms with Crippen molar-refractivity contribution in [2.24, 2.45) is 47.3 Å². The molecule has 0 N–H and O–H groups in total. The van der Waals surface area contributed by atoms with E-state index >= 15 is 0 Å². The summed E-state index contributed by atoms with van der Waals surface area (Å²) in [5, 5.41) is 0. The van der Waals surface area contributed by atoms with Gasteiger partial charge in [-0.05, 0) is 219 Å². The number of carbonyl (C=O) groups excluding carboxylic acids is 12. The van der Waals surface area contributed by atoms with Crippen molar-refractivity contribution in [1.82, 2.24) is 19.6 Å². The Morgan fingerprint density at radius 3 is 0.697 bits per heavy atom. The van der Waals surface area contributed by atoms with E-state index in [1.165, 1.54) is 52.7 Å². The summed E-state index contributed by atoms with van der Waals surface area (Å²) in [5.74, 6) is -5.95. The number of ether oxygens (including phenoxy) is 8. The number of hydrogen-bond acceptors (Lipinski definition) is 22. The number of benzene rings is 6. The average Bonchev–Trinajstić information content (AvgIpc) is 1.62. The van der Waals surface area contributed by atoms with E-state index in [1.807, 2.05) is 48.5 Å². The highest BCUT2D eigenvalue weighted by atomic mass is 19.1. The minimum Gasteiger partial charge on any atom is -0.469 e. The van der Waals surface area contributed by atoms with Crippen LogP contribution in [0.5, 0.6) is 0 Å². The molecule has 26 nitrogen and oxygen atoms in total. The third-order valence-corrected chi connectivity index (χ3v) is 29.5. The predicted molar refractivity (Wildman–Crippen MR) is 483 cm³/mol. The molecule has 0 saturated carbocycles. The number of anilines is 2. The van der Waals surface area contributed by atoms with Crippen molar-refractivity contribution in [2.45, 2.75) is 202 Å². The molecule has 10 fully saturated rings. The molecule has 704 valence electrons. The molecule has 6 aromatic carbocycles. The van der Waals surface area contributed by atoms with Crippen LogP contribution >= 0.6 is 0 Å². The Balaban J connectivity index is 0.000000202. The van der Waals surface area contributed by atoms with Crippen LogP contribution in [-0.4, -0.2) is 222 Å². The largest absolute Gasteiger partial charge is 0.469 e. The lowest BCUT2D eigenvalue weighted by Crippen LogP contribution is -2.46. The minimum atomic E-state index is -0.585. The molecule has 16 atom stereocenters. The number of carbonyl (C=O) groups is 12. The second kappa shape index (κ2) is 44.7. The lowest BCUT2D eigenvalue weighted by atomic mass is 9.87. The van der Waals surface area contributed by atoms with E-state index in [-0.39, 0.29) is 158 Å². The monoisotopic (exact) mass is 1810 g/mol. The second-order valence-electron chi connectivity index (χ2n) is 37.3. The van der Waals surface area contributed by atoms with E-state index in [1.54, 1.807) is 43.9 Å². The van der Waals surface area contributed by atoms with Crippen LogP contribution in [0.1, 0.15) is 197 Å². The number of halogens is 2. The number of likely N-dealkylation sites (tertiary alicyclic amines) is 4. The molecule has 16 rings (SSSR count). The highest BCUT2D eigenvalue weighted by Gasteiger charge is 2.48. The maximum atomic E-state index is 14.3. The second-order valence-corrected chi connectivity index (χ2v) is 37.3. The van der Waals surface area contributed by atoms with Gasteiger partial charge in [0.2, 0.25) is 23.6 Å². The zero-order valence-electron chi connectivity index (χ0n) is 76.2. The molecule has 0 radical (unpaired) electrons. The summed E-state index contributed by atoms with van der Waals surface area (Å²) in [6, 6.07) is 43.0. The van der Waals surface area contributed by atoms with Gasteiger partial charge in [0.15, 0.2) is 23.1 Å². The third kappa shape index (κ3) is 22.6. The highest BCUT2D eigenvalue weighted by Crippen LogP contribution is 2.50. The number of nitrogens with zero attached hydrogens (tertiary/aromatic N) is 6. The SMILES string of the molecule is COC(=O)CC(C(=O)N1CCC[C@H]1C(=O)Cc1ccc([C@@H]2CC[C@@H](c3ccc(CC(=O)[C@@H]4CCCN4C(=O)[C@@H](CC(=O)OC)[C@H]4CCOC4)cc3)N2c2ccc(F)cc2)cc1)[C@H]1CCOC1.COC(=O)CC(C(=O)N1CCC[C@H]1C(=O)Cc1ccc([C@H]2CC[C@H](c3ccc(CC(=O)[C@@H]4CCCN4C(=O)[C@@H](CC(=O)OC)[C@H]4CCOC4)cc3)N2c2ccc(F)cc2)cc1)[C@H]1CCOC1. The van der Waals surface area contributed by atoms with Gasteiger partial charge < -0.3 is 67.3 Å². The van der Waals surface area contributed by atoms with Crippen molar-refractivity contribution < 1.29 is 104 Å². The van der Waals surface area contributed by atoms with E-state index in [0.29, 0.717) is 130 Å². The van der Waals surface area contributed by atoms with Crippen molar-refractivity contribution in [3.05, 3.63) is 202 Å². The fourth-order valence-electron chi connectivity index (χ4n) is 22.3. The van der Waals surface area contributed by atoms with E-state index in [4.69, 9.17) is 37.9 Å². The van der Waals surface area contributed by atoms with Crippen molar-refractivity contribution >= 4 is 82.0 Å². The molecule has 132 heavy (non-hydrogen) atoms. The molecule has 10 aliphatic heterocycles. The topological polar surface area (TPSA) is 298 Å². The molecule has 2 unspecified atom stereocenters. The van der Waals surface area contributed by atoms with Crippen LogP contribution < -0.4 is 9.80 Å². The molecule has 10 aliphatic rings. The van der Waals surface area contributed by atoms with Crippen LogP contribution in [-0.2, 0) is 121 Å². The molecular formula is C104H124F2N6O20. The number of rotatable bonds is 34. The van der Waals surface area contributed by atoms with Gasteiger partial charge in [-0.3, -0.25) is 57.5 Å². The summed E-state index contributed by atoms with van der Waals surface area (Å²) in [5.41, 5.74) is 9.40. The molecule has 28 heteroatoms. The number of esters is 4. The van der Waals surface area contributed by atoms with Crippen LogP contribution in [0.4, 0.5) is 20.2 Å². The Hall–Kier alpha value is -10.9. The summed E-state index contributed by atoms with van der Waals surface area (Å²) in [7, 11) is 5.27. The molecule has 10 heterocycles. The normalized spacial score (nSPS) is 24.9. The Morgan fingerprint density at radius 1 is 0.295 bits per heavy atom. The standard InChI is InChI=1S/2C52H62FN3O10/c2*1-63-49(59)29-41(37-21-25-65-31-37)51(61)54-23-3-5-45(54)47(57)27-33-7-11-35(12-8-33)43-19-20-44(56(43)40-17-15-39(53)16-18-40)36-13-9-34(10-14-36)28-48(58)46-6-4-24-55(46)52(62)42(30-50(60)64-2)38-22-26-66-32-38/h2*7-18,37-38,41-46H,3-6,19-32H2,1-2H3/t37-,38-,41-,42?,43+,44+,45-,46-;37-,38-,41-,42?,43-,44-,45-,46-/m00/s1. The third-order valence-electron chi connectivity index (χ3n) is 29.5. The molecule has 0 spiro atoms. The maximum absolute atomic E-state index is 14.3. The Kier molecular flexibility index (Phi) is 32.4. The molecule has 0 aromatic heterocycles. The van der Waals surface area contributed by atoms with Crippen LogP contribution in [0.2, 0.25) is 0 Å². The van der Waals surface area contributed by atoms with Crippen molar-refractivity contribution in [3.63, 3.8) is 0 Å². The quantitative estimate of drug-likeness (QED) is 0.0268. The van der Waals surface area contributed by atoms with Crippen LogP contribution in [0.15, 0.2) is 146 Å². The van der Waals surface area contributed by atoms with Gasteiger partial charge in [-0.25, -0.2) is 8.78 Å². The van der Waals surface area contributed by atoms with E-state index < -0.39 is 71.7 Å². The van der Waals surface area contributed by atoms with Crippen LogP contribution in [0.3, 0.4) is 0 Å². The molecule has 10 saturated heterocycles. The van der Waals surface area contributed by atoms with Crippen molar-refractivity contribution in [2.75, 3.05) is 117 Å². The first-order valence-electron chi connectivity index (χ1n) is 47.4. The zero-order chi connectivity index (χ0) is 92.6. The Bertz CT molecular complexity index is 4460. The first-order chi connectivity index (χ1) is 64.0. The molecule has 0 bridgehead atoms. The fourth-order valence-corrected chi connectivity index (χ4v) is 22.3. The highest BCUT2D eigenvalue weighted by molar-refractivity contribution is 5.96. The minimum absolute atomic E-state index is 0.0275. The van der Waals surface area contributed by atoms with Gasteiger partial charge in [0.1, 0.15) is 11.6 Å². The van der Waals surface area contributed by atoms with Gasteiger partial charge in [-0.15, -0.1) is 0 Å². The average molecular weight is 1820 g/mol. The predicted octanol–water partition coefficient (Wildman–Crippen LogP) is 13.1.